The molecule has 1 fully saturated rings. The van der Waals surface area contributed by atoms with Crippen LogP contribution in [0.5, 0.6) is 0 Å². The molecule has 0 atom stereocenters. The fourth-order valence-electron chi connectivity index (χ4n) is 2.51. The normalized spacial score (nSPS) is 14.2. The molecule has 22 heavy (non-hydrogen) atoms. The van der Waals surface area contributed by atoms with Gasteiger partial charge in [0.25, 0.3) is 0 Å². The summed E-state index contributed by atoms with van der Waals surface area (Å²) in [5.41, 5.74) is 0.510. The molecule has 1 aromatic rings. The summed E-state index contributed by atoms with van der Waals surface area (Å²) >= 11 is 3.20. The lowest BCUT2D eigenvalue weighted by Gasteiger charge is -2.21. The molecule has 6 heteroatoms. The number of amides is 2. The van der Waals surface area contributed by atoms with Crippen LogP contribution in [-0.2, 0) is 16.0 Å². The third-order valence-corrected chi connectivity index (χ3v) is 4.37. The molecule has 1 aliphatic heterocycles. The average molecular weight is 371 g/mol. The van der Waals surface area contributed by atoms with Gasteiger partial charge in [-0.25, -0.2) is 4.39 Å². The third kappa shape index (κ3) is 4.53. The highest BCUT2D eigenvalue weighted by molar-refractivity contribution is 9.10. The van der Waals surface area contributed by atoms with E-state index >= 15 is 0 Å². The van der Waals surface area contributed by atoms with E-state index in [0.29, 0.717) is 16.5 Å². The smallest absolute Gasteiger partial charge is 0.242 e. The van der Waals surface area contributed by atoms with Crippen molar-refractivity contribution >= 4 is 27.7 Å². The molecule has 0 aliphatic carbocycles. The molecule has 1 heterocycles. The van der Waals surface area contributed by atoms with Gasteiger partial charge in [0.1, 0.15) is 5.82 Å². The number of hydrogen-bond donors (Lipinski definition) is 0. The second-order valence-electron chi connectivity index (χ2n) is 5.57. The first kappa shape index (κ1) is 16.9. The molecule has 2 amide bonds. The van der Waals surface area contributed by atoms with Gasteiger partial charge >= 0.3 is 0 Å². The Labute approximate surface area is 138 Å². The highest BCUT2D eigenvalue weighted by Gasteiger charge is 2.21. The first-order valence-corrected chi connectivity index (χ1v) is 8.22. The van der Waals surface area contributed by atoms with E-state index in [0.717, 1.165) is 25.9 Å². The Kier molecular flexibility index (Phi) is 5.94. The summed E-state index contributed by atoms with van der Waals surface area (Å²) in [5.74, 6) is -0.476. The van der Waals surface area contributed by atoms with Gasteiger partial charge in [-0.2, -0.15) is 0 Å². The van der Waals surface area contributed by atoms with Crippen LogP contribution in [0.1, 0.15) is 24.8 Å². The minimum Gasteiger partial charge on any atom is -0.341 e. The lowest BCUT2D eigenvalue weighted by atomic mass is 10.1. The first-order chi connectivity index (χ1) is 10.5. The van der Waals surface area contributed by atoms with E-state index in [-0.39, 0.29) is 30.6 Å². The minimum atomic E-state index is -0.321. The molecule has 0 unspecified atom stereocenters. The number of likely N-dealkylation sites (tertiary alicyclic amines) is 1. The van der Waals surface area contributed by atoms with Crippen LogP contribution < -0.4 is 0 Å². The van der Waals surface area contributed by atoms with E-state index in [2.05, 4.69) is 15.9 Å². The molecule has 1 aromatic carbocycles. The maximum atomic E-state index is 13.7. The Hall–Kier alpha value is -1.43. The monoisotopic (exact) mass is 370 g/mol. The molecule has 4 nitrogen and oxygen atoms in total. The standard InChI is InChI=1S/C16H20BrFN2O2/c1-19(11-16(22)20-8-2-3-9-20)15(21)7-5-12-4-6-13(17)10-14(12)18/h4,6,10H,2-3,5,7-9,11H2,1H3. The number of hydrogen-bond acceptors (Lipinski definition) is 2. The molecule has 1 aliphatic rings. The van der Waals surface area contributed by atoms with Gasteiger partial charge in [0.2, 0.25) is 11.8 Å². The van der Waals surface area contributed by atoms with Gasteiger partial charge in [-0.05, 0) is 37.0 Å². The van der Waals surface area contributed by atoms with Crippen LogP contribution in [0.25, 0.3) is 0 Å². The Balaban J connectivity index is 1.82. The molecular formula is C16H20BrFN2O2. The summed E-state index contributed by atoms with van der Waals surface area (Å²) < 4.78 is 14.4. The zero-order chi connectivity index (χ0) is 16.1. The summed E-state index contributed by atoms with van der Waals surface area (Å²) in [5, 5.41) is 0. The van der Waals surface area contributed by atoms with Crippen LogP contribution in [0.2, 0.25) is 0 Å². The van der Waals surface area contributed by atoms with Crippen molar-refractivity contribution in [1.82, 2.24) is 9.80 Å². The van der Waals surface area contributed by atoms with Crippen LogP contribution in [-0.4, -0.2) is 48.3 Å². The predicted molar refractivity (Wildman–Crippen MR) is 85.9 cm³/mol. The second-order valence-corrected chi connectivity index (χ2v) is 6.49. The molecule has 0 bridgehead atoms. The molecule has 0 spiro atoms. The molecular weight excluding hydrogens is 351 g/mol. The summed E-state index contributed by atoms with van der Waals surface area (Å²) in [6.45, 7) is 1.66. The van der Waals surface area contributed by atoms with Crippen molar-refractivity contribution in [3.05, 3.63) is 34.1 Å². The number of aryl methyl sites for hydroxylation is 1. The number of likely N-dealkylation sites (N-methyl/N-ethyl adjacent to an activating group) is 1. The van der Waals surface area contributed by atoms with Crippen molar-refractivity contribution in [2.45, 2.75) is 25.7 Å². The molecule has 0 saturated carbocycles. The number of rotatable bonds is 5. The molecule has 1 saturated heterocycles. The first-order valence-electron chi connectivity index (χ1n) is 7.43. The maximum Gasteiger partial charge on any atom is 0.242 e. The summed E-state index contributed by atoms with van der Waals surface area (Å²) in [4.78, 5) is 27.3. The van der Waals surface area contributed by atoms with Crippen molar-refractivity contribution in [2.75, 3.05) is 26.7 Å². The Morgan fingerprint density at radius 1 is 1.32 bits per heavy atom. The summed E-state index contributed by atoms with van der Waals surface area (Å²) in [7, 11) is 1.62. The van der Waals surface area contributed by atoms with E-state index in [9.17, 15) is 14.0 Å². The topological polar surface area (TPSA) is 40.6 Å². The van der Waals surface area contributed by atoms with Crippen LogP contribution in [0.4, 0.5) is 4.39 Å². The Morgan fingerprint density at radius 2 is 2.00 bits per heavy atom. The van der Waals surface area contributed by atoms with Crippen molar-refractivity contribution in [3.8, 4) is 0 Å². The fourth-order valence-corrected chi connectivity index (χ4v) is 2.85. The predicted octanol–water partition coefficient (Wildman–Crippen LogP) is 2.60. The van der Waals surface area contributed by atoms with Gasteiger partial charge in [-0.15, -0.1) is 0 Å². The molecule has 2 rings (SSSR count). The van der Waals surface area contributed by atoms with E-state index in [1.54, 1.807) is 24.1 Å². The highest BCUT2D eigenvalue weighted by atomic mass is 79.9. The Bertz CT molecular complexity index is 559. The van der Waals surface area contributed by atoms with Crippen molar-refractivity contribution in [2.24, 2.45) is 0 Å². The minimum absolute atomic E-state index is 0.0110. The summed E-state index contributed by atoms with van der Waals surface area (Å²) in [6, 6.07) is 4.81. The quantitative estimate of drug-likeness (QED) is 0.799. The maximum absolute atomic E-state index is 13.7. The SMILES string of the molecule is CN(CC(=O)N1CCCC1)C(=O)CCc1ccc(Br)cc1F. The fraction of sp³-hybridized carbons (Fsp3) is 0.500. The average Bonchev–Trinajstić information content (AvgIpc) is 3.00. The van der Waals surface area contributed by atoms with Gasteiger partial charge in [-0.1, -0.05) is 22.0 Å². The number of halogens is 2. The number of nitrogens with zero attached hydrogens (tertiary/aromatic N) is 2. The van der Waals surface area contributed by atoms with Gasteiger partial charge in [0.15, 0.2) is 0 Å². The van der Waals surface area contributed by atoms with Crippen molar-refractivity contribution < 1.29 is 14.0 Å². The molecule has 120 valence electrons. The van der Waals surface area contributed by atoms with Gasteiger partial charge in [0, 0.05) is 31.0 Å². The molecule has 0 aromatic heterocycles. The van der Waals surface area contributed by atoms with E-state index < -0.39 is 0 Å². The third-order valence-electron chi connectivity index (χ3n) is 3.88. The van der Waals surface area contributed by atoms with Crippen molar-refractivity contribution in [1.29, 1.82) is 0 Å². The Morgan fingerprint density at radius 3 is 2.64 bits per heavy atom. The highest BCUT2D eigenvalue weighted by Crippen LogP contribution is 2.17. The van der Waals surface area contributed by atoms with Gasteiger partial charge < -0.3 is 9.80 Å². The van der Waals surface area contributed by atoms with Gasteiger partial charge in [-0.3, -0.25) is 9.59 Å². The molecule has 0 N–H and O–H groups in total. The van der Waals surface area contributed by atoms with Crippen LogP contribution >= 0.6 is 15.9 Å². The van der Waals surface area contributed by atoms with E-state index in [1.807, 2.05) is 0 Å². The lowest BCUT2D eigenvalue weighted by molar-refractivity contribution is -0.138. The zero-order valence-electron chi connectivity index (χ0n) is 12.6. The van der Waals surface area contributed by atoms with Crippen LogP contribution in [0.3, 0.4) is 0 Å². The number of carbonyl (C=O) groups excluding carboxylic acids is 2. The van der Waals surface area contributed by atoms with E-state index in [1.165, 1.54) is 11.0 Å². The van der Waals surface area contributed by atoms with Crippen LogP contribution in [0, 0.1) is 5.82 Å². The second kappa shape index (κ2) is 7.72. The summed E-state index contributed by atoms with van der Waals surface area (Å²) in [6.07, 6.45) is 2.60. The number of carbonyl (C=O) groups is 2. The zero-order valence-corrected chi connectivity index (χ0v) is 14.2. The van der Waals surface area contributed by atoms with E-state index in [4.69, 9.17) is 0 Å². The number of benzene rings is 1. The lowest BCUT2D eigenvalue weighted by Crippen LogP contribution is -2.39. The van der Waals surface area contributed by atoms with Crippen molar-refractivity contribution in [3.63, 3.8) is 0 Å². The molecule has 0 radical (unpaired) electrons. The van der Waals surface area contributed by atoms with Gasteiger partial charge in [0.05, 0.1) is 6.54 Å². The van der Waals surface area contributed by atoms with Crippen LogP contribution in [0.15, 0.2) is 22.7 Å². The largest absolute Gasteiger partial charge is 0.341 e.